The zero-order valence-electron chi connectivity index (χ0n) is 36.1. The predicted octanol–water partition coefficient (Wildman–Crippen LogP) is 6.67. The van der Waals surface area contributed by atoms with Gasteiger partial charge >= 0.3 is 0 Å². The van der Waals surface area contributed by atoms with Gasteiger partial charge in [0, 0.05) is 62.5 Å². The third-order valence-electron chi connectivity index (χ3n) is 12.5. The minimum Gasteiger partial charge on any atom is -0.336 e. The fraction of sp³-hybridized carbons (Fsp3) is 0.298. The number of imidazole rings is 1. The van der Waals surface area contributed by atoms with Crippen molar-refractivity contribution in [1.82, 2.24) is 44.5 Å². The second kappa shape index (κ2) is 16.7. The Balaban J connectivity index is 0.759. The lowest BCUT2D eigenvalue weighted by Gasteiger charge is -2.34. The number of piperazine rings is 1. The number of hydrogen-bond acceptors (Lipinski definition) is 13. The molecule has 6 aromatic rings. The number of halogens is 2. The molecule has 3 aromatic heterocycles. The van der Waals surface area contributed by atoms with Gasteiger partial charge in [0.25, 0.3) is 17.7 Å². The van der Waals surface area contributed by atoms with E-state index < -0.39 is 41.3 Å². The van der Waals surface area contributed by atoms with E-state index in [0.29, 0.717) is 79.7 Å². The quantitative estimate of drug-likeness (QED) is 0.155. The fourth-order valence-corrected chi connectivity index (χ4v) is 9.17. The van der Waals surface area contributed by atoms with E-state index in [1.165, 1.54) is 12.1 Å². The predicted molar refractivity (Wildman–Crippen MR) is 236 cm³/mol. The summed E-state index contributed by atoms with van der Waals surface area (Å²) in [5.41, 5.74) is 5.26. The molecule has 0 radical (unpaired) electrons. The smallest absolute Gasteiger partial charge is 0.262 e. The Morgan fingerprint density at radius 3 is 2.29 bits per heavy atom. The summed E-state index contributed by atoms with van der Waals surface area (Å²) in [5.74, 6) is -2.52. The molecular formula is C47H42F2N12O5. The maximum absolute atomic E-state index is 15.2. The molecule has 5 amide bonds. The zero-order valence-corrected chi connectivity index (χ0v) is 36.1. The van der Waals surface area contributed by atoms with E-state index in [-0.39, 0.29) is 58.6 Å². The van der Waals surface area contributed by atoms with Gasteiger partial charge in [0.05, 0.1) is 34.2 Å². The normalized spacial score (nSPS) is 17.9. The molecule has 0 spiro atoms. The minimum absolute atomic E-state index is 0.0143. The highest BCUT2D eigenvalue weighted by Crippen LogP contribution is 2.37. The monoisotopic (exact) mass is 892 g/mol. The summed E-state index contributed by atoms with van der Waals surface area (Å²) in [6.45, 7) is 8.63. The number of nitrogens with one attached hydrogen (secondary N) is 2. The largest absolute Gasteiger partial charge is 0.336 e. The Kier molecular flexibility index (Phi) is 10.7. The number of imide groups is 2. The van der Waals surface area contributed by atoms with Gasteiger partial charge in [-0.3, -0.25) is 39.1 Å². The standard InChI is InChI=1S/C47H42F2N12O5/c1-24(2)60-25(3)52-42-33(48)17-30(19-38(42)60)41-34(49)22-51-47(55-41)53-39-10-4-26(21-50-39)23-58-12-14-59(15-13-58)44(64)29-8-6-27-5-7-28-16-31-32(20-36(28)57-56-35(27)18-29)46(66)61(45(31)65)37-9-11-40(62)54-43(37)63/h4,6,8,10,16-22,24,37H,5,7,9,11-15,23H2,1-3H3,(H,54,62,63)(H,50,51,53,55)/b57-56-. The molecule has 3 aromatic carbocycles. The Bertz CT molecular complexity index is 3070. The summed E-state index contributed by atoms with van der Waals surface area (Å²) in [6.07, 6.45) is 3.90. The van der Waals surface area contributed by atoms with Crippen LogP contribution in [0.2, 0.25) is 0 Å². The van der Waals surface area contributed by atoms with E-state index in [9.17, 15) is 24.0 Å². The van der Waals surface area contributed by atoms with Crippen LogP contribution in [0.15, 0.2) is 77.2 Å². The summed E-state index contributed by atoms with van der Waals surface area (Å²) in [4.78, 5) is 87.1. The lowest BCUT2D eigenvalue weighted by Crippen LogP contribution is -2.54. The second-order valence-electron chi connectivity index (χ2n) is 17.1. The molecule has 2 N–H and O–H groups in total. The third kappa shape index (κ3) is 7.73. The number of azo groups is 1. The molecule has 4 aliphatic rings. The van der Waals surface area contributed by atoms with Crippen LogP contribution >= 0.6 is 0 Å². The number of benzene rings is 3. The SMILES string of the molecule is Cc1nc2c(F)cc(-c3nc(Nc4ccc(CN5CCN(C(=O)c6ccc7c(c6)/N=N\c6cc8c(cc6CC7)C(=O)N(C6CCC(=O)NC6=O)C8=O)CC5)cn4)ncc3F)cc2n1C(C)C. The molecule has 4 aliphatic heterocycles. The molecule has 334 valence electrons. The van der Waals surface area contributed by atoms with Gasteiger partial charge in [0.2, 0.25) is 17.8 Å². The van der Waals surface area contributed by atoms with Crippen molar-refractivity contribution in [2.75, 3.05) is 31.5 Å². The van der Waals surface area contributed by atoms with E-state index in [4.69, 9.17) is 0 Å². The number of fused-ring (bicyclic) bond motifs is 4. The zero-order chi connectivity index (χ0) is 46.0. The van der Waals surface area contributed by atoms with Crippen LogP contribution in [-0.2, 0) is 29.0 Å². The van der Waals surface area contributed by atoms with E-state index in [0.717, 1.165) is 27.8 Å². The first kappa shape index (κ1) is 42.3. The van der Waals surface area contributed by atoms with Gasteiger partial charge in [-0.15, -0.1) is 0 Å². The lowest BCUT2D eigenvalue weighted by molar-refractivity contribution is -0.136. The van der Waals surface area contributed by atoms with Crippen molar-refractivity contribution in [3.8, 4) is 11.3 Å². The molecular weight excluding hydrogens is 851 g/mol. The minimum atomic E-state index is -1.07. The molecule has 2 saturated heterocycles. The second-order valence-corrected chi connectivity index (χ2v) is 17.1. The molecule has 0 aliphatic carbocycles. The van der Waals surface area contributed by atoms with Crippen LogP contribution in [0.3, 0.4) is 0 Å². The number of piperidine rings is 1. The van der Waals surface area contributed by atoms with Crippen molar-refractivity contribution in [2.24, 2.45) is 10.2 Å². The number of rotatable bonds is 8. The third-order valence-corrected chi connectivity index (χ3v) is 12.5. The van der Waals surface area contributed by atoms with E-state index in [1.54, 1.807) is 43.5 Å². The molecule has 0 bridgehead atoms. The van der Waals surface area contributed by atoms with Crippen molar-refractivity contribution in [3.63, 3.8) is 0 Å². The first-order chi connectivity index (χ1) is 31.8. The molecule has 17 nitrogen and oxygen atoms in total. The molecule has 7 heterocycles. The molecule has 10 rings (SSSR count). The fourth-order valence-electron chi connectivity index (χ4n) is 9.17. The van der Waals surface area contributed by atoms with Crippen LogP contribution in [0.4, 0.5) is 31.9 Å². The van der Waals surface area contributed by atoms with Gasteiger partial charge in [0.1, 0.15) is 28.9 Å². The van der Waals surface area contributed by atoms with Crippen LogP contribution in [0.5, 0.6) is 0 Å². The van der Waals surface area contributed by atoms with Gasteiger partial charge in [-0.2, -0.15) is 10.2 Å². The highest BCUT2D eigenvalue weighted by Gasteiger charge is 2.45. The summed E-state index contributed by atoms with van der Waals surface area (Å²) in [6, 6.07) is 14.1. The van der Waals surface area contributed by atoms with Crippen molar-refractivity contribution < 1.29 is 32.8 Å². The summed E-state index contributed by atoms with van der Waals surface area (Å²) < 4.78 is 32.2. The molecule has 66 heavy (non-hydrogen) atoms. The topological polar surface area (TPSA) is 200 Å². The molecule has 19 heteroatoms. The molecule has 2 fully saturated rings. The van der Waals surface area contributed by atoms with Gasteiger partial charge in [-0.25, -0.2) is 28.7 Å². The van der Waals surface area contributed by atoms with Gasteiger partial charge < -0.3 is 14.8 Å². The van der Waals surface area contributed by atoms with Crippen molar-refractivity contribution in [3.05, 3.63) is 118 Å². The van der Waals surface area contributed by atoms with Crippen LogP contribution < -0.4 is 10.6 Å². The summed E-state index contributed by atoms with van der Waals surface area (Å²) in [7, 11) is 0. The van der Waals surface area contributed by atoms with E-state index in [1.807, 2.05) is 35.4 Å². The summed E-state index contributed by atoms with van der Waals surface area (Å²) >= 11 is 0. The average molecular weight is 893 g/mol. The first-order valence-electron chi connectivity index (χ1n) is 21.7. The number of carbonyl (C=O) groups is 5. The van der Waals surface area contributed by atoms with E-state index in [2.05, 4.69) is 45.7 Å². The van der Waals surface area contributed by atoms with Gasteiger partial charge in [0.15, 0.2) is 11.6 Å². The molecule has 1 atom stereocenters. The maximum atomic E-state index is 15.2. The highest BCUT2D eigenvalue weighted by molar-refractivity contribution is 6.24. The van der Waals surface area contributed by atoms with E-state index >= 15 is 8.78 Å². The number of carbonyl (C=O) groups excluding carboxylic acids is 5. The number of anilines is 2. The Labute approximate surface area is 376 Å². The summed E-state index contributed by atoms with van der Waals surface area (Å²) in [5, 5.41) is 14.2. The van der Waals surface area contributed by atoms with Gasteiger partial charge in [-0.05, 0) is 99.2 Å². The number of aryl methyl sites for hydroxylation is 3. The van der Waals surface area contributed by atoms with Crippen LogP contribution in [0.25, 0.3) is 22.3 Å². The molecule has 1 unspecified atom stereocenters. The van der Waals surface area contributed by atoms with Crippen molar-refractivity contribution in [2.45, 2.75) is 65.1 Å². The number of aromatic nitrogens is 5. The van der Waals surface area contributed by atoms with Gasteiger partial charge in [-0.1, -0.05) is 12.1 Å². The number of pyridine rings is 1. The number of nitrogens with zero attached hydrogens (tertiary/aromatic N) is 10. The Morgan fingerprint density at radius 2 is 1.56 bits per heavy atom. The van der Waals surface area contributed by atoms with Crippen molar-refractivity contribution in [1.29, 1.82) is 0 Å². The highest BCUT2D eigenvalue weighted by atomic mass is 19.1. The Morgan fingerprint density at radius 1 is 0.818 bits per heavy atom. The van der Waals surface area contributed by atoms with Crippen molar-refractivity contribution >= 4 is 63.7 Å². The molecule has 0 saturated carbocycles. The maximum Gasteiger partial charge on any atom is 0.262 e. The first-order valence-corrected chi connectivity index (χ1v) is 21.7. The number of hydrogen-bond donors (Lipinski definition) is 2. The van der Waals surface area contributed by atoms with Crippen LogP contribution in [-0.4, -0.2) is 101 Å². The van der Waals surface area contributed by atoms with Crippen LogP contribution in [0.1, 0.15) is 86.3 Å². The average Bonchev–Trinajstić information content (AvgIpc) is 3.76. The van der Waals surface area contributed by atoms with Crippen LogP contribution in [0, 0.1) is 18.6 Å². The Hall–Kier alpha value is -7.67. The lowest BCUT2D eigenvalue weighted by atomic mass is 9.96. The number of amides is 5.